The molecule has 72 heavy (non-hydrogen) atoms. The average molecular weight is 1010 g/mol. The normalized spacial score (nSPS) is 13.2. The van der Waals surface area contributed by atoms with Gasteiger partial charge in [-0.15, -0.1) is 0 Å². The van der Waals surface area contributed by atoms with Gasteiger partial charge in [0.2, 0.25) is 5.91 Å². The Hall–Kier alpha value is -1.17. The van der Waals surface area contributed by atoms with Crippen molar-refractivity contribution in [2.75, 3.05) is 6.61 Å². The molecule has 3 atom stereocenters. The van der Waals surface area contributed by atoms with Gasteiger partial charge in [-0.1, -0.05) is 353 Å². The first-order chi connectivity index (χ1) is 35.6. The Bertz CT molecular complexity index is 1080. The third-order valence-corrected chi connectivity index (χ3v) is 15.8. The standard InChI is InChI=1S/C67H131NO4/c1-3-5-7-9-11-13-15-17-19-21-23-25-27-29-30-31-32-33-34-35-36-37-38-40-42-44-46-48-50-52-54-56-58-60-62-66(71)67(72)68-64(63-69)65(70)61-59-57-55-53-51-49-47-45-43-41-39-28-26-24-22-20-18-16-14-12-10-8-6-4-2/h31-32,59,61,64-66,69-71H,3-30,33-58,60,62-63H2,1-2H3,(H,68,72)/b32-31-,61-59+. The zero-order valence-corrected chi connectivity index (χ0v) is 49.1. The van der Waals surface area contributed by atoms with E-state index in [4.69, 9.17) is 0 Å². The second-order valence-electron chi connectivity index (χ2n) is 23.0. The fourth-order valence-electron chi connectivity index (χ4n) is 10.7. The number of nitrogens with one attached hydrogen (secondary N) is 1. The van der Waals surface area contributed by atoms with Gasteiger partial charge in [-0.25, -0.2) is 0 Å². The van der Waals surface area contributed by atoms with Gasteiger partial charge in [-0.2, -0.15) is 0 Å². The molecule has 0 aromatic rings. The number of allylic oxidation sites excluding steroid dienone is 3. The Balaban J connectivity index is 3.49. The van der Waals surface area contributed by atoms with Gasteiger partial charge in [-0.3, -0.25) is 4.79 Å². The Morgan fingerprint density at radius 1 is 0.333 bits per heavy atom. The smallest absolute Gasteiger partial charge is 0.249 e. The first-order valence-corrected chi connectivity index (χ1v) is 33.2. The summed E-state index contributed by atoms with van der Waals surface area (Å²) in [7, 11) is 0. The van der Waals surface area contributed by atoms with Crippen LogP contribution in [0.1, 0.15) is 373 Å². The second-order valence-corrected chi connectivity index (χ2v) is 23.0. The number of amides is 1. The van der Waals surface area contributed by atoms with Crippen LogP contribution in [-0.2, 0) is 4.79 Å². The fourth-order valence-corrected chi connectivity index (χ4v) is 10.7. The summed E-state index contributed by atoms with van der Waals surface area (Å²) in [6.07, 6.45) is 81.6. The van der Waals surface area contributed by atoms with Crippen molar-refractivity contribution in [3.63, 3.8) is 0 Å². The molecule has 0 heterocycles. The largest absolute Gasteiger partial charge is 0.394 e. The highest BCUT2D eigenvalue weighted by molar-refractivity contribution is 5.80. The first kappa shape index (κ1) is 70.8. The number of carbonyl (C=O) groups excluding carboxylic acids is 1. The minimum absolute atomic E-state index is 0.360. The molecule has 0 rings (SSSR count). The molecule has 428 valence electrons. The van der Waals surface area contributed by atoms with Crippen LogP contribution in [0.3, 0.4) is 0 Å². The maximum atomic E-state index is 12.6. The SMILES string of the molecule is CCCCCCCCCCCCCCCC/C=C\CCCCCCCCCCCCCCCCCCC(O)C(=O)NC(CO)C(O)/C=C/CCCCCCCCCCCCCCCCCCCCCCCC. The molecule has 0 aromatic carbocycles. The fraction of sp³-hybridized carbons (Fsp3) is 0.925. The Morgan fingerprint density at radius 2 is 0.556 bits per heavy atom. The van der Waals surface area contributed by atoms with Crippen LogP contribution in [-0.4, -0.2) is 46.1 Å². The maximum absolute atomic E-state index is 12.6. The lowest BCUT2D eigenvalue weighted by atomic mass is 10.0. The molecule has 0 saturated carbocycles. The molecule has 0 radical (unpaired) electrons. The van der Waals surface area contributed by atoms with E-state index in [0.717, 1.165) is 32.1 Å². The van der Waals surface area contributed by atoms with E-state index in [1.54, 1.807) is 6.08 Å². The zero-order valence-electron chi connectivity index (χ0n) is 49.1. The summed E-state index contributed by atoms with van der Waals surface area (Å²) in [5, 5.41) is 33.5. The lowest BCUT2D eigenvalue weighted by Crippen LogP contribution is -2.48. The van der Waals surface area contributed by atoms with Crippen LogP contribution in [0.5, 0.6) is 0 Å². The third kappa shape index (κ3) is 56.6. The Morgan fingerprint density at radius 3 is 0.806 bits per heavy atom. The molecule has 0 bridgehead atoms. The molecule has 0 aliphatic rings. The van der Waals surface area contributed by atoms with E-state index in [0.29, 0.717) is 6.42 Å². The molecule has 4 N–H and O–H groups in total. The van der Waals surface area contributed by atoms with Gasteiger partial charge in [0.1, 0.15) is 6.10 Å². The molecular formula is C67H131NO4. The summed E-state index contributed by atoms with van der Waals surface area (Å²) < 4.78 is 0. The van der Waals surface area contributed by atoms with Gasteiger partial charge >= 0.3 is 0 Å². The molecule has 5 nitrogen and oxygen atoms in total. The monoisotopic (exact) mass is 1010 g/mol. The first-order valence-electron chi connectivity index (χ1n) is 33.2. The van der Waals surface area contributed by atoms with Gasteiger partial charge in [0.25, 0.3) is 0 Å². The predicted molar refractivity (Wildman–Crippen MR) is 319 cm³/mol. The Kier molecular flexibility index (Phi) is 61.4. The second kappa shape index (κ2) is 62.4. The van der Waals surface area contributed by atoms with Crippen molar-refractivity contribution >= 4 is 5.91 Å². The molecule has 0 saturated heterocycles. The van der Waals surface area contributed by atoms with Crippen molar-refractivity contribution in [2.24, 2.45) is 0 Å². The summed E-state index contributed by atoms with van der Waals surface area (Å²) in [5.41, 5.74) is 0. The number of unbranched alkanes of at least 4 members (excludes halogenated alkanes) is 52. The molecule has 0 fully saturated rings. The van der Waals surface area contributed by atoms with Gasteiger partial charge in [0.05, 0.1) is 18.8 Å². The summed E-state index contributed by atoms with van der Waals surface area (Å²) in [4.78, 5) is 12.6. The minimum atomic E-state index is -1.10. The number of aliphatic hydroxyl groups excluding tert-OH is 3. The molecule has 1 amide bonds. The van der Waals surface area contributed by atoms with E-state index in [1.807, 2.05) is 6.08 Å². The number of rotatable bonds is 62. The summed E-state index contributed by atoms with van der Waals surface area (Å²) in [5.74, 6) is -0.496. The van der Waals surface area contributed by atoms with Crippen molar-refractivity contribution < 1.29 is 20.1 Å². The summed E-state index contributed by atoms with van der Waals surface area (Å²) in [6.45, 7) is 4.23. The van der Waals surface area contributed by atoms with Crippen LogP contribution in [0, 0.1) is 0 Å². The number of hydrogen-bond donors (Lipinski definition) is 4. The highest BCUT2D eigenvalue weighted by Crippen LogP contribution is 2.19. The van der Waals surface area contributed by atoms with Crippen LogP contribution >= 0.6 is 0 Å². The van der Waals surface area contributed by atoms with Crippen molar-refractivity contribution in [1.82, 2.24) is 5.32 Å². The molecule has 0 spiro atoms. The van der Waals surface area contributed by atoms with Crippen molar-refractivity contribution in [1.29, 1.82) is 0 Å². The van der Waals surface area contributed by atoms with E-state index < -0.39 is 24.2 Å². The molecule has 0 aliphatic carbocycles. The lowest BCUT2D eigenvalue weighted by Gasteiger charge is -2.21. The molecule has 0 aromatic heterocycles. The molecule has 0 aliphatic heterocycles. The van der Waals surface area contributed by atoms with Gasteiger partial charge in [0.15, 0.2) is 0 Å². The van der Waals surface area contributed by atoms with Crippen molar-refractivity contribution in [2.45, 2.75) is 392 Å². The van der Waals surface area contributed by atoms with Gasteiger partial charge in [0, 0.05) is 0 Å². The van der Waals surface area contributed by atoms with Crippen LogP contribution in [0.25, 0.3) is 0 Å². The highest BCUT2D eigenvalue weighted by atomic mass is 16.3. The molecule has 3 unspecified atom stereocenters. The summed E-state index contributed by atoms with van der Waals surface area (Å²) >= 11 is 0. The van der Waals surface area contributed by atoms with E-state index in [1.165, 1.54) is 321 Å². The number of carbonyl (C=O) groups is 1. The maximum Gasteiger partial charge on any atom is 0.249 e. The lowest BCUT2D eigenvalue weighted by molar-refractivity contribution is -0.131. The molecular weight excluding hydrogens is 883 g/mol. The molecule has 5 heteroatoms. The van der Waals surface area contributed by atoms with E-state index in [-0.39, 0.29) is 6.61 Å². The van der Waals surface area contributed by atoms with Crippen LogP contribution < -0.4 is 5.32 Å². The summed E-state index contributed by atoms with van der Waals surface area (Å²) in [6, 6.07) is -0.797. The number of aliphatic hydroxyl groups is 3. The van der Waals surface area contributed by atoms with Crippen molar-refractivity contribution in [3.05, 3.63) is 24.3 Å². The van der Waals surface area contributed by atoms with Crippen molar-refractivity contribution in [3.8, 4) is 0 Å². The third-order valence-electron chi connectivity index (χ3n) is 15.8. The van der Waals surface area contributed by atoms with Crippen LogP contribution in [0.2, 0.25) is 0 Å². The van der Waals surface area contributed by atoms with E-state index >= 15 is 0 Å². The van der Waals surface area contributed by atoms with Crippen LogP contribution in [0.15, 0.2) is 24.3 Å². The predicted octanol–water partition coefficient (Wildman–Crippen LogP) is 21.2. The van der Waals surface area contributed by atoms with E-state index in [2.05, 4.69) is 31.3 Å². The Labute approximate surface area is 452 Å². The van der Waals surface area contributed by atoms with Gasteiger partial charge in [-0.05, 0) is 44.9 Å². The number of hydrogen-bond acceptors (Lipinski definition) is 4. The average Bonchev–Trinajstić information content (AvgIpc) is 3.39. The minimum Gasteiger partial charge on any atom is -0.394 e. The topological polar surface area (TPSA) is 89.8 Å². The van der Waals surface area contributed by atoms with Crippen LogP contribution in [0.4, 0.5) is 0 Å². The van der Waals surface area contributed by atoms with E-state index in [9.17, 15) is 20.1 Å². The highest BCUT2D eigenvalue weighted by Gasteiger charge is 2.22. The quantitative estimate of drug-likeness (QED) is 0.0361. The van der Waals surface area contributed by atoms with Gasteiger partial charge < -0.3 is 20.6 Å². The zero-order chi connectivity index (χ0) is 52.2.